The first-order valence-corrected chi connectivity index (χ1v) is 8.92. The first kappa shape index (κ1) is 15.9. The molecule has 0 amide bonds. The standard InChI is InChI=1S/C12H20N5O3P/c1-4-20-21(3,18)8-19-9(2)5-17-7-16-10-11(13)14-6-15-12(10)17/h6-7,9H,4-5,8H2,1-3H3,(H2,13,14,15)/t9-,21?/m1/s1. The van der Waals surface area contributed by atoms with E-state index < -0.39 is 7.37 Å². The van der Waals surface area contributed by atoms with Gasteiger partial charge in [-0.3, -0.25) is 4.57 Å². The highest BCUT2D eigenvalue weighted by Crippen LogP contribution is 2.42. The summed E-state index contributed by atoms with van der Waals surface area (Å²) in [5.74, 6) is 0.349. The molecule has 0 aliphatic carbocycles. The van der Waals surface area contributed by atoms with Gasteiger partial charge in [0.2, 0.25) is 7.37 Å². The zero-order chi connectivity index (χ0) is 15.5. The number of nitrogens with zero attached hydrogens (tertiary/aromatic N) is 4. The van der Waals surface area contributed by atoms with Gasteiger partial charge in [-0.15, -0.1) is 0 Å². The molecule has 8 nitrogen and oxygen atoms in total. The van der Waals surface area contributed by atoms with Crippen molar-refractivity contribution in [3.05, 3.63) is 12.7 Å². The number of aromatic nitrogens is 4. The van der Waals surface area contributed by atoms with Gasteiger partial charge in [-0.25, -0.2) is 15.0 Å². The van der Waals surface area contributed by atoms with Crippen molar-refractivity contribution in [2.75, 3.05) is 25.4 Å². The van der Waals surface area contributed by atoms with Crippen LogP contribution in [0.25, 0.3) is 11.2 Å². The van der Waals surface area contributed by atoms with Gasteiger partial charge in [-0.2, -0.15) is 0 Å². The van der Waals surface area contributed by atoms with Gasteiger partial charge in [0.05, 0.1) is 25.6 Å². The van der Waals surface area contributed by atoms with Crippen LogP contribution in [-0.4, -0.2) is 45.2 Å². The highest BCUT2D eigenvalue weighted by Gasteiger charge is 2.18. The van der Waals surface area contributed by atoms with Crippen LogP contribution in [0.5, 0.6) is 0 Å². The van der Waals surface area contributed by atoms with Gasteiger partial charge in [-0.1, -0.05) is 0 Å². The largest absolute Gasteiger partial charge is 0.382 e. The van der Waals surface area contributed by atoms with E-state index in [1.807, 2.05) is 11.5 Å². The van der Waals surface area contributed by atoms with E-state index in [1.54, 1.807) is 19.9 Å². The summed E-state index contributed by atoms with van der Waals surface area (Å²) in [4.78, 5) is 12.3. The average Bonchev–Trinajstić information content (AvgIpc) is 2.81. The Kier molecular flexibility index (Phi) is 4.92. The van der Waals surface area contributed by atoms with E-state index in [2.05, 4.69) is 15.0 Å². The van der Waals surface area contributed by atoms with Gasteiger partial charge >= 0.3 is 0 Å². The number of anilines is 1. The lowest BCUT2D eigenvalue weighted by Crippen LogP contribution is -2.17. The molecule has 0 saturated heterocycles. The Morgan fingerprint density at radius 2 is 2.19 bits per heavy atom. The van der Waals surface area contributed by atoms with E-state index in [4.69, 9.17) is 15.0 Å². The summed E-state index contributed by atoms with van der Waals surface area (Å²) in [6.07, 6.45) is 2.97. The first-order valence-electron chi connectivity index (χ1n) is 6.67. The highest BCUT2D eigenvalue weighted by molar-refractivity contribution is 7.57. The first-order chi connectivity index (χ1) is 9.93. The molecule has 2 rings (SSSR count). The quantitative estimate of drug-likeness (QED) is 0.776. The van der Waals surface area contributed by atoms with E-state index >= 15 is 0 Å². The van der Waals surface area contributed by atoms with Crippen LogP contribution in [0.2, 0.25) is 0 Å². The van der Waals surface area contributed by atoms with E-state index in [9.17, 15) is 4.57 Å². The topological polar surface area (TPSA) is 105 Å². The predicted octanol–water partition coefficient (Wildman–Crippen LogP) is 1.72. The highest BCUT2D eigenvalue weighted by atomic mass is 31.2. The van der Waals surface area contributed by atoms with Gasteiger partial charge in [-0.05, 0) is 13.8 Å². The lowest BCUT2D eigenvalue weighted by atomic mass is 10.4. The fourth-order valence-electron chi connectivity index (χ4n) is 1.94. The molecule has 0 radical (unpaired) electrons. The number of ether oxygens (including phenoxy) is 1. The fourth-order valence-corrected chi connectivity index (χ4v) is 3.08. The molecule has 1 unspecified atom stereocenters. The number of nitrogens with two attached hydrogens (primary N) is 1. The molecule has 21 heavy (non-hydrogen) atoms. The van der Waals surface area contributed by atoms with E-state index in [0.717, 1.165) is 0 Å². The third kappa shape index (κ3) is 4.00. The van der Waals surface area contributed by atoms with Crippen LogP contribution >= 0.6 is 7.37 Å². The molecule has 0 aromatic carbocycles. The summed E-state index contributed by atoms with van der Waals surface area (Å²) in [5.41, 5.74) is 6.96. The Balaban J connectivity index is 2.00. The number of nitrogen functional groups attached to an aromatic ring is 1. The van der Waals surface area contributed by atoms with Crippen LogP contribution in [0.15, 0.2) is 12.7 Å². The van der Waals surface area contributed by atoms with Crippen molar-refractivity contribution in [2.45, 2.75) is 26.5 Å². The van der Waals surface area contributed by atoms with Crippen molar-refractivity contribution in [1.29, 1.82) is 0 Å². The van der Waals surface area contributed by atoms with Crippen LogP contribution < -0.4 is 5.73 Å². The maximum atomic E-state index is 12.0. The molecule has 9 heteroatoms. The molecule has 0 fully saturated rings. The molecule has 0 aliphatic rings. The summed E-state index contributed by atoms with van der Waals surface area (Å²) in [5, 5.41) is 0. The Hall–Kier alpha value is -1.50. The summed E-state index contributed by atoms with van der Waals surface area (Å²) in [6.45, 7) is 6.21. The number of fused-ring (bicyclic) bond motifs is 1. The van der Waals surface area contributed by atoms with Crippen molar-refractivity contribution in [3.8, 4) is 0 Å². The summed E-state index contributed by atoms with van der Waals surface area (Å²) in [7, 11) is -2.69. The lowest BCUT2D eigenvalue weighted by molar-refractivity contribution is 0.0804. The van der Waals surface area contributed by atoms with Crippen LogP contribution in [0.4, 0.5) is 5.82 Å². The summed E-state index contributed by atoms with van der Waals surface area (Å²) in [6, 6.07) is 0. The number of imidazole rings is 1. The number of hydrogen-bond acceptors (Lipinski definition) is 7. The Morgan fingerprint density at radius 3 is 2.90 bits per heavy atom. The third-order valence-corrected chi connectivity index (χ3v) is 4.30. The monoisotopic (exact) mass is 313 g/mol. The maximum Gasteiger partial charge on any atom is 0.225 e. The van der Waals surface area contributed by atoms with Gasteiger partial charge in [0.15, 0.2) is 11.5 Å². The molecule has 0 aliphatic heterocycles. The van der Waals surface area contributed by atoms with Crippen molar-refractivity contribution in [1.82, 2.24) is 19.5 Å². The minimum absolute atomic E-state index is 0.0890. The zero-order valence-electron chi connectivity index (χ0n) is 12.4. The Morgan fingerprint density at radius 1 is 1.43 bits per heavy atom. The van der Waals surface area contributed by atoms with Crippen molar-refractivity contribution >= 4 is 24.4 Å². The maximum absolute atomic E-state index is 12.0. The number of hydrogen-bond donors (Lipinski definition) is 1. The lowest BCUT2D eigenvalue weighted by Gasteiger charge is -2.17. The van der Waals surface area contributed by atoms with Gasteiger partial charge < -0.3 is 19.6 Å². The minimum Gasteiger partial charge on any atom is -0.382 e. The molecular formula is C12H20N5O3P. The Labute approximate surface area is 123 Å². The van der Waals surface area contributed by atoms with Crippen molar-refractivity contribution in [3.63, 3.8) is 0 Å². The molecule has 2 heterocycles. The second kappa shape index (κ2) is 6.51. The molecule has 2 atom stereocenters. The predicted molar refractivity (Wildman–Crippen MR) is 80.3 cm³/mol. The van der Waals surface area contributed by atoms with Gasteiger partial charge in [0, 0.05) is 6.66 Å². The van der Waals surface area contributed by atoms with Gasteiger partial charge in [0.25, 0.3) is 0 Å². The SMILES string of the molecule is CCOP(C)(=O)CO[C@H](C)Cn1cnc2c(N)ncnc21. The summed E-state index contributed by atoms with van der Waals surface area (Å²) < 4.78 is 24.6. The molecule has 2 N–H and O–H groups in total. The fraction of sp³-hybridized carbons (Fsp3) is 0.583. The van der Waals surface area contributed by atoms with Crippen LogP contribution in [-0.2, 0) is 20.4 Å². The van der Waals surface area contributed by atoms with Crippen molar-refractivity contribution in [2.24, 2.45) is 0 Å². The number of rotatable bonds is 7. The summed E-state index contributed by atoms with van der Waals surface area (Å²) >= 11 is 0. The normalized spacial score (nSPS) is 16.0. The molecule has 0 spiro atoms. The van der Waals surface area contributed by atoms with Crippen LogP contribution in [0, 0.1) is 0 Å². The molecule has 116 valence electrons. The van der Waals surface area contributed by atoms with E-state index in [-0.39, 0.29) is 12.5 Å². The molecule has 0 bridgehead atoms. The second-order valence-electron chi connectivity index (χ2n) is 4.87. The van der Waals surface area contributed by atoms with E-state index in [1.165, 1.54) is 6.33 Å². The molecule has 2 aromatic heterocycles. The second-order valence-corrected chi connectivity index (χ2v) is 7.41. The zero-order valence-corrected chi connectivity index (χ0v) is 13.3. The van der Waals surface area contributed by atoms with Gasteiger partial charge in [0.1, 0.15) is 18.2 Å². The van der Waals surface area contributed by atoms with Crippen molar-refractivity contribution < 1.29 is 13.8 Å². The molecule has 0 saturated carbocycles. The average molecular weight is 313 g/mol. The smallest absolute Gasteiger partial charge is 0.225 e. The Bertz CT molecular complexity index is 659. The minimum atomic E-state index is -2.69. The molecule has 2 aromatic rings. The third-order valence-electron chi connectivity index (χ3n) is 2.88. The van der Waals surface area contributed by atoms with E-state index in [0.29, 0.717) is 30.1 Å². The van der Waals surface area contributed by atoms with Crippen LogP contribution in [0.3, 0.4) is 0 Å². The molecular weight excluding hydrogens is 293 g/mol. The van der Waals surface area contributed by atoms with Crippen LogP contribution in [0.1, 0.15) is 13.8 Å².